The number of thioether (sulfide) groups is 1. The number of rotatable bonds is 10. The van der Waals surface area contributed by atoms with Crippen molar-refractivity contribution in [1.29, 1.82) is 0 Å². The minimum Gasteiger partial charge on any atom is -0.325 e. The summed E-state index contributed by atoms with van der Waals surface area (Å²) in [7, 11) is 0. The molecule has 2 heterocycles. The average molecular weight is 534 g/mol. The molecule has 196 valence electrons. The van der Waals surface area contributed by atoms with Gasteiger partial charge in [0, 0.05) is 28.7 Å². The van der Waals surface area contributed by atoms with Gasteiger partial charge in [-0.25, -0.2) is 4.98 Å². The molecule has 5 aromatic rings. The third-order valence-electron chi connectivity index (χ3n) is 6.65. The highest BCUT2D eigenvalue weighted by atomic mass is 32.2. The van der Waals surface area contributed by atoms with Crippen molar-refractivity contribution in [3.63, 3.8) is 0 Å². The molecule has 0 unspecified atom stereocenters. The van der Waals surface area contributed by atoms with E-state index in [1.54, 1.807) is 0 Å². The second kappa shape index (κ2) is 12.1. The first-order chi connectivity index (χ1) is 19.1. The number of amides is 1. The topological polar surface area (TPSA) is 72.7 Å². The number of para-hydroxylation sites is 2. The summed E-state index contributed by atoms with van der Waals surface area (Å²) in [6, 6.07) is 26.4. The Morgan fingerprint density at radius 3 is 2.38 bits per heavy atom. The third-order valence-corrected chi connectivity index (χ3v) is 7.62. The predicted molar refractivity (Wildman–Crippen MR) is 161 cm³/mol. The lowest BCUT2D eigenvalue weighted by molar-refractivity contribution is -0.113. The van der Waals surface area contributed by atoms with Gasteiger partial charge in [0.2, 0.25) is 5.91 Å². The summed E-state index contributed by atoms with van der Waals surface area (Å²) < 4.78 is 2.01. The second-order valence-corrected chi connectivity index (χ2v) is 10.1. The molecule has 3 aromatic carbocycles. The van der Waals surface area contributed by atoms with E-state index >= 15 is 0 Å². The standard InChI is InChI=1S/C32H31N5OS/c1-4-19-37-31(26-20-28(24-13-8-7-9-14-24)33-27-18-11-10-17-25(26)27)35-36-32(37)39-21-29(38)34-30-22(5-2)15-12-16-23(30)6-3/h4,7-18,20H,1,5-6,19,21H2,2-3H3,(H,34,38). The summed E-state index contributed by atoms with van der Waals surface area (Å²) in [6.45, 7) is 8.67. The highest BCUT2D eigenvalue weighted by molar-refractivity contribution is 7.99. The molecule has 0 saturated carbocycles. The van der Waals surface area contributed by atoms with E-state index in [-0.39, 0.29) is 11.7 Å². The molecule has 1 amide bonds. The molecular formula is C32H31N5OS. The summed E-state index contributed by atoms with van der Waals surface area (Å²) in [5.74, 6) is 0.882. The molecule has 7 heteroatoms. The number of pyridine rings is 1. The molecule has 0 aliphatic rings. The number of benzene rings is 3. The van der Waals surface area contributed by atoms with Crippen LogP contribution in [-0.4, -0.2) is 31.4 Å². The number of nitrogens with zero attached hydrogens (tertiary/aromatic N) is 4. The highest BCUT2D eigenvalue weighted by Gasteiger charge is 2.19. The lowest BCUT2D eigenvalue weighted by Gasteiger charge is -2.14. The zero-order chi connectivity index (χ0) is 27.2. The van der Waals surface area contributed by atoms with Crippen molar-refractivity contribution >= 4 is 34.3 Å². The van der Waals surface area contributed by atoms with E-state index in [1.165, 1.54) is 11.8 Å². The van der Waals surface area contributed by atoms with Crippen LogP contribution < -0.4 is 5.32 Å². The van der Waals surface area contributed by atoms with Gasteiger partial charge in [-0.3, -0.25) is 9.36 Å². The normalized spacial score (nSPS) is 11.0. The van der Waals surface area contributed by atoms with E-state index in [0.717, 1.165) is 63.2 Å². The third kappa shape index (κ3) is 5.64. The van der Waals surface area contributed by atoms with Crippen LogP contribution in [0.2, 0.25) is 0 Å². The van der Waals surface area contributed by atoms with Gasteiger partial charge in [0.15, 0.2) is 11.0 Å². The molecule has 0 radical (unpaired) electrons. The van der Waals surface area contributed by atoms with Gasteiger partial charge in [-0.1, -0.05) is 98.4 Å². The molecular weight excluding hydrogens is 502 g/mol. The summed E-state index contributed by atoms with van der Waals surface area (Å²) in [5, 5.41) is 13.9. The molecule has 0 atom stereocenters. The number of carbonyl (C=O) groups excluding carboxylic acids is 1. The van der Waals surface area contributed by atoms with E-state index in [1.807, 2.05) is 53.1 Å². The van der Waals surface area contributed by atoms with Crippen LogP contribution in [0.15, 0.2) is 96.7 Å². The Morgan fingerprint density at radius 2 is 1.67 bits per heavy atom. The Kier molecular flexibility index (Phi) is 8.18. The lowest BCUT2D eigenvalue weighted by Crippen LogP contribution is -2.17. The zero-order valence-electron chi connectivity index (χ0n) is 22.2. The minimum atomic E-state index is -0.0639. The van der Waals surface area contributed by atoms with E-state index in [0.29, 0.717) is 11.7 Å². The molecule has 0 bridgehead atoms. The fourth-order valence-electron chi connectivity index (χ4n) is 4.71. The van der Waals surface area contributed by atoms with Crippen LogP contribution in [0.5, 0.6) is 0 Å². The smallest absolute Gasteiger partial charge is 0.234 e. The van der Waals surface area contributed by atoms with Crippen molar-refractivity contribution in [3.05, 3.63) is 103 Å². The number of carbonyl (C=O) groups is 1. The van der Waals surface area contributed by atoms with Crippen LogP contribution in [0.4, 0.5) is 5.69 Å². The van der Waals surface area contributed by atoms with Crippen molar-refractivity contribution in [2.24, 2.45) is 0 Å². The average Bonchev–Trinajstić information content (AvgIpc) is 3.38. The Morgan fingerprint density at radius 1 is 0.949 bits per heavy atom. The van der Waals surface area contributed by atoms with Gasteiger partial charge in [-0.15, -0.1) is 16.8 Å². The SMILES string of the molecule is C=CCn1c(SCC(=O)Nc2c(CC)cccc2CC)nnc1-c1cc(-c2ccccc2)nc2ccccc12. The lowest BCUT2D eigenvalue weighted by atomic mass is 10.0. The van der Waals surface area contributed by atoms with Crippen LogP contribution >= 0.6 is 11.8 Å². The van der Waals surface area contributed by atoms with Crippen molar-refractivity contribution in [2.45, 2.75) is 38.4 Å². The molecule has 0 fully saturated rings. The number of hydrogen-bond acceptors (Lipinski definition) is 5. The minimum absolute atomic E-state index is 0.0639. The monoisotopic (exact) mass is 533 g/mol. The molecule has 1 N–H and O–H groups in total. The molecule has 0 aliphatic heterocycles. The maximum absolute atomic E-state index is 13.0. The molecule has 0 saturated heterocycles. The maximum atomic E-state index is 13.0. The quantitative estimate of drug-likeness (QED) is 0.152. The van der Waals surface area contributed by atoms with Gasteiger partial charge in [-0.2, -0.15) is 0 Å². The van der Waals surface area contributed by atoms with E-state index < -0.39 is 0 Å². The molecule has 2 aromatic heterocycles. The predicted octanol–water partition coefficient (Wildman–Crippen LogP) is 7.20. The number of hydrogen-bond donors (Lipinski definition) is 1. The maximum Gasteiger partial charge on any atom is 0.234 e. The fraction of sp³-hybridized carbons (Fsp3) is 0.188. The Bertz CT molecular complexity index is 1600. The van der Waals surface area contributed by atoms with Crippen LogP contribution in [0.3, 0.4) is 0 Å². The number of aryl methyl sites for hydroxylation is 2. The largest absolute Gasteiger partial charge is 0.325 e. The van der Waals surface area contributed by atoms with Crippen molar-refractivity contribution in [3.8, 4) is 22.6 Å². The first-order valence-corrected chi connectivity index (χ1v) is 14.1. The molecule has 39 heavy (non-hydrogen) atoms. The molecule has 0 aliphatic carbocycles. The van der Waals surface area contributed by atoms with E-state index in [9.17, 15) is 4.79 Å². The number of aromatic nitrogens is 4. The summed E-state index contributed by atoms with van der Waals surface area (Å²) in [4.78, 5) is 17.9. The van der Waals surface area contributed by atoms with Gasteiger partial charge in [0.25, 0.3) is 0 Å². The van der Waals surface area contributed by atoms with Crippen molar-refractivity contribution in [2.75, 3.05) is 11.1 Å². The molecule has 0 spiro atoms. The first kappa shape index (κ1) is 26.4. The van der Waals surface area contributed by atoms with Crippen molar-refractivity contribution < 1.29 is 4.79 Å². The number of nitrogens with one attached hydrogen (secondary N) is 1. The van der Waals surface area contributed by atoms with Crippen LogP contribution in [0.1, 0.15) is 25.0 Å². The van der Waals surface area contributed by atoms with Gasteiger partial charge >= 0.3 is 0 Å². The van der Waals surface area contributed by atoms with Gasteiger partial charge in [-0.05, 0) is 36.1 Å². The fourth-order valence-corrected chi connectivity index (χ4v) is 5.46. The van der Waals surface area contributed by atoms with Crippen LogP contribution in [0, 0.1) is 0 Å². The van der Waals surface area contributed by atoms with E-state index in [4.69, 9.17) is 4.98 Å². The van der Waals surface area contributed by atoms with Crippen molar-refractivity contribution in [1.82, 2.24) is 19.7 Å². The van der Waals surface area contributed by atoms with Crippen LogP contribution in [-0.2, 0) is 24.2 Å². The summed E-state index contributed by atoms with van der Waals surface area (Å²) >= 11 is 1.38. The Balaban J connectivity index is 1.46. The van der Waals surface area contributed by atoms with Gasteiger partial charge in [0.1, 0.15) is 0 Å². The summed E-state index contributed by atoms with van der Waals surface area (Å²) in [6.07, 6.45) is 3.54. The second-order valence-electron chi connectivity index (χ2n) is 9.14. The van der Waals surface area contributed by atoms with E-state index in [2.05, 4.69) is 72.3 Å². The van der Waals surface area contributed by atoms with Gasteiger partial charge in [0.05, 0.1) is 17.0 Å². The van der Waals surface area contributed by atoms with Crippen LogP contribution in [0.25, 0.3) is 33.5 Å². The molecule has 5 rings (SSSR count). The summed E-state index contributed by atoms with van der Waals surface area (Å²) in [5.41, 5.74) is 6.94. The number of anilines is 1. The molecule has 6 nitrogen and oxygen atoms in total. The first-order valence-electron chi connectivity index (χ1n) is 13.2. The Hall–Kier alpha value is -4.23. The highest BCUT2D eigenvalue weighted by Crippen LogP contribution is 2.33. The number of allylic oxidation sites excluding steroid dienone is 1. The van der Waals surface area contributed by atoms with Gasteiger partial charge < -0.3 is 5.32 Å². The number of fused-ring (bicyclic) bond motifs is 1. The Labute approximate surface area is 233 Å². The zero-order valence-corrected chi connectivity index (χ0v) is 23.0.